The lowest BCUT2D eigenvalue weighted by atomic mass is 9.95. The number of hydrazone groups is 1. The van der Waals surface area contributed by atoms with Gasteiger partial charge < -0.3 is 39.4 Å². The van der Waals surface area contributed by atoms with Crippen LogP contribution >= 0.6 is 22.6 Å². The maximum atomic E-state index is 12.5. The number of carbonyl (C=O) groups excluding carboxylic acids is 2. The summed E-state index contributed by atoms with van der Waals surface area (Å²) in [5, 5.41) is 29.4. The molecule has 0 bridgehead atoms. The van der Waals surface area contributed by atoms with Crippen LogP contribution in [0.3, 0.4) is 0 Å². The third kappa shape index (κ3) is 9.07. The van der Waals surface area contributed by atoms with Crippen molar-refractivity contribution in [2.24, 2.45) is 5.10 Å². The van der Waals surface area contributed by atoms with Gasteiger partial charge in [0.05, 0.1) is 53.4 Å². The topological polar surface area (TPSA) is 173 Å². The van der Waals surface area contributed by atoms with Gasteiger partial charge in [-0.1, -0.05) is 24.3 Å². The Morgan fingerprint density at radius 1 is 1.08 bits per heavy atom. The first-order valence-electron chi connectivity index (χ1n) is 15.0. The molecule has 0 unspecified atom stereocenters. The number of nitriles is 1. The smallest absolute Gasteiger partial charge is 0.337 e. The summed E-state index contributed by atoms with van der Waals surface area (Å²) in [5.41, 5.74) is 5.87. The number of carbonyl (C=O) groups is 2. The van der Waals surface area contributed by atoms with E-state index in [1.807, 2.05) is 32.0 Å². The molecule has 14 heteroatoms. The number of nitrogens with zero attached hydrogens (tertiary/aromatic N) is 2. The SMILES string of the molecule is CCOc1cc([C@H]2NC(=O)NC(C)=C2C(=O)OC)ccc1OC[C@@H](O)N/N=C\c1cc(I)c(OCc2ccccc2C#N)c(OCC)c1. The van der Waals surface area contributed by atoms with E-state index in [9.17, 15) is 20.0 Å². The number of rotatable bonds is 15. The number of hydrogen-bond acceptors (Lipinski definition) is 11. The van der Waals surface area contributed by atoms with Crippen LogP contribution in [0.2, 0.25) is 0 Å². The number of methoxy groups -OCH3 is 1. The van der Waals surface area contributed by atoms with Crippen LogP contribution < -0.4 is 35.0 Å². The van der Waals surface area contributed by atoms with Gasteiger partial charge in [-0.3, -0.25) is 5.43 Å². The molecule has 0 saturated heterocycles. The highest BCUT2D eigenvalue weighted by Gasteiger charge is 2.32. The minimum absolute atomic E-state index is 0.175. The number of amides is 2. The van der Waals surface area contributed by atoms with Crippen LogP contribution in [-0.2, 0) is 16.1 Å². The Bertz CT molecular complexity index is 1740. The molecular formula is C34H36IN5O8. The Morgan fingerprint density at radius 2 is 1.83 bits per heavy atom. The largest absolute Gasteiger partial charge is 0.490 e. The molecule has 0 fully saturated rings. The number of aliphatic hydroxyl groups excluding tert-OH is 1. The predicted octanol–water partition coefficient (Wildman–Crippen LogP) is 4.66. The van der Waals surface area contributed by atoms with Crippen molar-refractivity contribution in [1.82, 2.24) is 16.1 Å². The zero-order chi connectivity index (χ0) is 34.6. The fourth-order valence-corrected chi connectivity index (χ4v) is 5.57. The van der Waals surface area contributed by atoms with Gasteiger partial charge in [-0.25, -0.2) is 9.59 Å². The lowest BCUT2D eigenvalue weighted by molar-refractivity contribution is -0.136. The molecule has 48 heavy (non-hydrogen) atoms. The van der Waals surface area contributed by atoms with Gasteiger partial charge in [-0.05, 0) is 84.8 Å². The standard InChI is InChI=1S/C34H36IN5O8/c1-5-45-27-15-22(31-30(33(42)44-4)20(3)38-34(43)39-31)11-12-26(27)47-19-29(41)40-37-17-21-13-25(35)32(28(14-21)46-6-2)48-18-24-10-8-7-9-23(24)16-36/h7-15,17,29,31,40-41H,5-6,18-19H2,1-4H3,(H2,38,39,43)/b37-17-/t29-,31-/m1/s1. The summed E-state index contributed by atoms with van der Waals surface area (Å²) in [5.74, 6) is 1.19. The van der Waals surface area contributed by atoms with Gasteiger partial charge in [-0.2, -0.15) is 10.4 Å². The van der Waals surface area contributed by atoms with Gasteiger partial charge in [0.2, 0.25) is 0 Å². The number of hydrogen-bond donors (Lipinski definition) is 4. The zero-order valence-corrected chi connectivity index (χ0v) is 29.0. The van der Waals surface area contributed by atoms with Crippen LogP contribution in [0.15, 0.2) is 71.0 Å². The number of benzene rings is 3. The van der Waals surface area contributed by atoms with Crippen LogP contribution in [-0.4, -0.2) is 56.5 Å². The molecule has 252 valence electrons. The molecule has 0 spiro atoms. The van der Waals surface area contributed by atoms with Crippen molar-refractivity contribution in [3.63, 3.8) is 0 Å². The van der Waals surface area contributed by atoms with E-state index in [-0.39, 0.29) is 18.8 Å². The Morgan fingerprint density at radius 3 is 2.56 bits per heavy atom. The number of halogens is 1. The van der Waals surface area contributed by atoms with Gasteiger partial charge in [0.1, 0.15) is 13.2 Å². The van der Waals surface area contributed by atoms with Crippen LogP contribution in [0.5, 0.6) is 23.0 Å². The third-order valence-electron chi connectivity index (χ3n) is 6.95. The van der Waals surface area contributed by atoms with Gasteiger partial charge in [-0.15, -0.1) is 0 Å². The second kappa shape index (κ2) is 17.2. The molecule has 1 aliphatic rings. The lowest BCUT2D eigenvalue weighted by Gasteiger charge is -2.28. The quantitative estimate of drug-likeness (QED) is 0.0560. The minimum Gasteiger partial charge on any atom is -0.490 e. The van der Waals surface area contributed by atoms with Gasteiger partial charge >= 0.3 is 12.0 Å². The van der Waals surface area contributed by atoms with Crippen LogP contribution in [0, 0.1) is 14.9 Å². The molecule has 3 aromatic rings. The molecule has 0 aliphatic carbocycles. The Hall–Kier alpha value is -5.01. The van der Waals surface area contributed by atoms with Crippen molar-refractivity contribution in [3.05, 3.63) is 91.7 Å². The van der Waals surface area contributed by atoms with Gasteiger partial charge in [0.25, 0.3) is 0 Å². The maximum absolute atomic E-state index is 12.5. The summed E-state index contributed by atoms with van der Waals surface area (Å²) in [7, 11) is 1.27. The second-order valence-corrected chi connectivity index (χ2v) is 11.4. The fraction of sp³-hybridized carbons (Fsp3) is 0.294. The molecule has 0 radical (unpaired) electrons. The number of aliphatic hydroxyl groups is 1. The van der Waals surface area contributed by atoms with Crippen LogP contribution in [0.25, 0.3) is 0 Å². The minimum atomic E-state index is -1.18. The monoisotopic (exact) mass is 769 g/mol. The van der Waals surface area contributed by atoms with Gasteiger partial charge in [0.15, 0.2) is 29.2 Å². The fourth-order valence-electron chi connectivity index (χ4n) is 4.79. The van der Waals surface area contributed by atoms with Crippen molar-refractivity contribution in [2.75, 3.05) is 26.9 Å². The van der Waals surface area contributed by atoms with E-state index in [0.29, 0.717) is 58.6 Å². The summed E-state index contributed by atoms with van der Waals surface area (Å²) in [6, 6.07) is 16.8. The van der Waals surface area contributed by atoms with Crippen molar-refractivity contribution < 1.29 is 38.4 Å². The Balaban J connectivity index is 1.41. The Kier molecular flexibility index (Phi) is 12.9. The number of nitrogens with one attached hydrogen (secondary N) is 3. The lowest BCUT2D eigenvalue weighted by Crippen LogP contribution is -2.45. The van der Waals surface area contributed by atoms with E-state index < -0.39 is 24.3 Å². The van der Waals surface area contributed by atoms with Crippen molar-refractivity contribution in [1.29, 1.82) is 5.26 Å². The number of allylic oxidation sites excluding steroid dienone is 1. The van der Waals surface area contributed by atoms with E-state index in [1.54, 1.807) is 43.3 Å². The summed E-state index contributed by atoms with van der Waals surface area (Å²) >= 11 is 2.15. The van der Waals surface area contributed by atoms with E-state index >= 15 is 0 Å². The molecule has 1 heterocycles. The first kappa shape index (κ1) is 35.8. The molecule has 13 nitrogen and oxygen atoms in total. The predicted molar refractivity (Wildman–Crippen MR) is 185 cm³/mol. The number of ether oxygens (including phenoxy) is 5. The number of urea groups is 1. The van der Waals surface area contributed by atoms with Crippen LogP contribution in [0.4, 0.5) is 4.79 Å². The highest BCUT2D eigenvalue weighted by molar-refractivity contribution is 14.1. The zero-order valence-electron chi connectivity index (χ0n) is 26.8. The summed E-state index contributed by atoms with van der Waals surface area (Å²) in [6.45, 7) is 6.06. The maximum Gasteiger partial charge on any atom is 0.337 e. The highest BCUT2D eigenvalue weighted by Crippen LogP contribution is 2.36. The molecule has 0 aromatic heterocycles. The highest BCUT2D eigenvalue weighted by atomic mass is 127. The van der Waals surface area contributed by atoms with Gasteiger partial charge in [0, 0.05) is 11.3 Å². The summed E-state index contributed by atoms with van der Waals surface area (Å²) in [4.78, 5) is 24.7. The molecule has 3 aromatic carbocycles. The molecule has 2 atom stereocenters. The van der Waals surface area contributed by atoms with Crippen LogP contribution in [0.1, 0.15) is 49.1 Å². The Labute approximate surface area is 292 Å². The van der Waals surface area contributed by atoms with E-state index in [2.05, 4.69) is 49.8 Å². The average Bonchev–Trinajstić information content (AvgIpc) is 3.07. The van der Waals surface area contributed by atoms with E-state index in [1.165, 1.54) is 13.3 Å². The van der Waals surface area contributed by atoms with Crippen molar-refractivity contribution >= 4 is 40.8 Å². The molecule has 1 aliphatic heterocycles. The molecule has 2 amide bonds. The molecule has 4 rings (SSSR count). The summed E-state index contributed by atoms with van der Waals surface area (Å²) in [6.07, 6.45) is 0.356. The first-order chi connectivity index (χ1) is 23.2. The van der Waals surface area contributed by atoms with Crippen molar-refractivity contribution in [2.45, 2.75) is 39.6 Å². The second-order valence-electron chi connectivity index (χ2n) is 10.2. The normalized spacial score (nSPS) is 14.8. The summed E-state index contributed by atoms with van der Waals surface area (Å²) < 4.78 is 29.2. The molecule has 0 saturated carbocycles. The first-order valence-corrected chi connectivity index (χ1v) is 16.1. The molecular weight excluding hydrogens is 733 g/mol. The van der Waals surface area contributed by atoms with E-state index in [0.717, 1.165) is 9.13 Å². The third-order valence-corrected chi connectivity index (χ3v) is 7.75. The average molecular weight is 770 g/mol. The number of esters is 1. The van der Waals surface area contributed by atoms with Crippen molar-refractivity contribution in [3.8, 4) is 29.1 Å². The molecule has 4 N–H and O–H groups in total. The van der Waals surface area contributed by atoms with E-state index in [4.69, 9.17) is 23.7 Å².